The Morgan fingerprint density at radius 2 is 1.35 bits per heavy atom. The van der Waals surface area contributed by atoms with Gasteiger partial charge in [0, 0.05) is 65.1 Å². The van der Waals surface area contributed by atoms with Crippen LogP contribution in [0, 0.1) is 5.41 Å². The molecule has 2 N–H and O–H groups in total. The number of hydrogen-bond donors (Lipinski definition) is 2. The summed E-state index contributed by atoms with van der Waals surface area (Å²) in [4.78, 5) is 75.2. The van der Waals surface area contributed by atoms with Crippen molar-refractivity contribution in [2.45, 2.75) is 91.5 Å². The number of nitrogens with zero attached hydrogens (tertiary/aromatic N) is 6. The first-order chi connectivity index (χ1) is 24.2. The molecule has 1 spiro atoms. The van der Waals surface area contributed by atoms with E-state index in [-0.39, 0.29) is 49.4 Å². The van der Waals surface area contributed by atoms with Crippen molar-refractivity contribution in [2.75, 3.05) is 57.7 Å². The van der Waals surface area contributed by atoms with Crippen LogP contribution >= 0.6 is 0 Å². The molecule has 3 aliphatic heterocycles. The second kappa shape index (κ2) is 14.8. The maximum atomic E-state index is 13.1. The molecule has 3 aliphatic rings. The van der Waals surface area contributed by atoms with Gasteiger partial charge in [0.15, 0.2) is 0 Å². The van der Waals surface area contributed by atoms with Crippen molar-refractivity contribution in [3.63, 3.8) is 0 Å². The Morgan fingerprint density at radius 3 is 1.90 bits per heavy atom. The first-order valence-corrected chi connectivity index (χ1v) is 18.0. The van der Waals surface area contributed by atoms with E-state index in [2.05, 4.69) is 20.5 Å². The molecule has 0 radical (unpaired) electrons. The molecule has 0 bridgehead atoms. The van der Waals surface area contributed by atoms with Crippen molar-refractivity contribution in [1.82, 2.24) is 34.5 Å². The number of anilines is 1. The van der Waals surface area contributed by atoms with E-state index >= 15 is 0 Å². The van der Waals surface area contributed by atoms with Gasteiger partial charge in [0.1, 0.15) is 22.6 Å². The lowest BCUT2D eigenvalue weighted by atomic mass is 9.72. The molecule has 0 unspecified atom stereocenters. The zero-order valence-corrected chi connectivity index (χ0v) is 31.8. The monoisotopic (exact) mass is 722 g/mol. The minimum atomic E-state index is -1.19. The molecule has 5 rings (SSSR count). The Morgan fingerprint density at radius 1 is 0.769 bits per heavy atom. The van der Waals surface area contributed by atoms with Crippen LogP contribution in [0.1, 0.15) is 73.8 Å². The predicted molar refractivity (Wildman–Crippen MR) is 195 cm³/mol. The maximum Gasteiger partial charge on any atom is 0.410 e. The molecule has 0 atom stereocenters. The molecule has 15 nitrogen and oxygen atoms in total. The van der Waals surface area contributed by atoms with Gasteiger partial charge in [-0.3, -0.25) is 19.6 Å². The zero-order chi connectivity index (χ0) is 38.1. The Bertz CT molecular complexity index is 1690. The molecule has 2 aromatic rings. The number of carbonyl (C=O) groups is 4. The van der Waals surface area contributed by atoms with Crippen molar-refractivity contribution in [3.05, 3.63) is 52.6 Å². The summed E-state index contributed by atoms with van der Waals surface area (Å²) in [6.07, 6.45) is 2.62. The Labute approximate surface area is 305 Å². The van der Waals surface area contributed by atoms with Crippen LogP contribution in [0.4, 0.5) is 20.2 Å². The van der Waals surface area contributed by atoms with E-state index in [0.717, 1.165) is 51.1 Å². The quantitative estimate of drug-likeness (QED) is 0.449. The highest BCUT2D eigenvalue weighted by Gasteiger charge is 2.45. The summed E-state index contributed by atoms with van der Waals surface area (Å²) >= 11 is 0. The summed E-state index contributed by atoms with van der Waals surface area (Å²) in [6, 6.07) is 8.94. The molecule has 1 aromatic carbocycles. The Hall–Kier alpha value is -4.66. The van der Waals surface area contributed by atoms with Crippen LogP contribution in [-0.2, 0) is 20.8 Å². The maximum absolute atomic E-state index is 13.1. The summed E-state index contributed by atoms with van der Waals surface area (Å²) in [6.45, 7) is 19.5. The van der Waals surface area contributed by atoms with Gasteiger partial charge >= 0.3 is 23.9 Å². The van der Waals surface area contributed by atoms with E-state index in [0.29, 0.717) is 5.69 Å². The lowest BCUT2D eigenvalue weighted by Gasteiger charge is -2.54. The molecule has 15 heteroatoms. The lowest BCUT2D eigenvalue weighted by molar-refractivity contribution is -0.138. The number of likely N-dealkylation sites (tertiary alicyclic amines) is 2. The smallest absolute Gasteiger partial charge is 0.410 e. The van der Waals surface area contributed by atoms with E-state index in [9.17, 15) is 24.0 Å². The van der Waals surface area contributed by atoms with E-state index in [1.165, 1.54) is 4.57 Å². The summed E-state index contributed by atoms with van der Waals surface area (Å²) in [5, 5.41) is 5.32. The van der Waals surface area contributed by atoms with Gasteiger partial charge in [0.25, 0.3) is 0 Å². The summed E-state index contributed by atoms with van der Waals surface area (Å²) in [7, 11) is 0. The number of benzene rings is 1. The molecule has 3 saturated heterocycles. The lowest BCUT2D eigenvalue weighted by Crippen LogP contribution is -2.60. The molecule has 4 heterocycles. The first kappa shape index (κ1) is 38.6. The standard InChI is InChI=1S/C37H54N8O7/c1-34(2,3)51-32(49)40-36(7,8)29(46)42-19-21-43(22-20-42)30(47)38-28-13-16-45(31(48)39-28)27-11-9-26(10-12-27)23-41-24-37(25-41)14-17-44(18-15-37)33(50)52-35(4,5)6/h9-13,16H,14-15,17-25H2,1-8H3,(H,40,49)(H,38,39,47,48). The van der Waals surface area contributed by atoms with Crippen molar-refractivity contribution in [1.29, 1.82) is 0 Å². The van der Waals surface area contributed by atoms with Crippen molar-refractivity contribution in [2.24, 2.45) is 5.41 Å². The number of aromatic nitrogens is 2. The van der Waals surface area contributed by atoms with Gasteiger partial charge in [-0.25, -0.2) is 19.2 Å². The predicted octanol–water partition coefficient (Wildman–Crippen LogP) is 4.04. The normalized spacial score (nSPS) is 18.0. The number of alkyl carbamates (subject to hydrolysis) is 1. The van der Waals surface area contributed by atoms with Crippen molar-refractivity contribution < 1.29 is 28.7 Å². The average molecular weight is 723 g/mol. The number of ether oxygens (including phenoxy) is 2. The van der Waals surface area contributed by atoms with Crippen LogP contribution < -0.4 is 16.3 Å². The van der Waals surface area contributed by atoms with Crippen molar-refractivity contribution in [3.8, 4) is 5.69 Å². The number of urea groups is 1. The van der Waals surface area contributed by atoms with E-state index in [1.54, 1.807) is 56.7 Å². The third kappa shape index (κ3) is 9.81. The van der Waals surface area contributed by atoms with Crippen LogP contribution in [0.15, 0.2) is 41.3 Å². The summed E-state index contributed by atoms with van der Waals surface area (Å²) in [5.74, 6) is -0.146. The number of carbonyl (C=O) groups excluding carboxylic acids is 4. The number of piperidine rings is 1. The molecule has 52 heavy (non-hydrogen) atoms. The molecule has 1 aromatic heterocycles. The third-order valence-corrected chi connectivity index (χ3v) is 9.46. The summed E-state index contributed by atoms with van der Waals surface area (Å²) < 4.78 is 12.2. The first-order valence-electron chi connectivity index (χ1n) is 18.0. The van der Waals surface area contributed by atoms with E-state index in [1.807, 2.05) is 49.9 Å². The van der Waals surface area contributed by atoms with Gasteiger partial charge in [0.05, 0.1) is 5.69 Å². The fourth-order valence-corrected chi connectivity index (χ4v) is 6.82. The fourth-order valence-electron chi connectivity index (χ4n) is 6.82. The highest BCUT2D eigenvalue weighted by molar-refractivity contribution is 5.90. The van der Waals surface area contributed by atoms with Gasteiger partial charge in [0.2, 0.25) is 5.91 Å². The van der Waals surface area contributed by atoms with E-state index < -0.39 is 34.6 Å². The second-order valence-corrected chi connectivity index (χ2v) is 16.7. The number of hydrogen-bond acceptors (Lipinski definition) is 9. The van der Waals surface area contributed by atoms with E-state index in [4.69, 9.17) is 9.47 Å². The average Bonchev–Trinajstić information content (AvgIpc) is 3.02. The Kier molecular flexibility index (Phi) is 10.9. The van der Waals surface area contributed by atoms with Gasteiger partial charge in [-0.05, 0) is 97.4 Å². The zero-order valence-electron chi connectivity index (χ0n) is 31.8. The van der Waals surface area contributed by atoms with Crippen LogP contribution in [-0.4, -0.2) is 122 Å². The molecule has 0 saturated carbocycles. The minimum absolute atomic E-state index is 0.132. The summed E-state index contributed by atoms with van der Waals surface area (Å²) in [5.41, 5.74) is -0.845. The van der Waals surface area contributed by atoms with Gasteiger partial charge in [-0.2, -0.15) is 4.98 Å². The van der Waals surface area contributed by atoms with Crippen LogP contribution in [0.2, 0.25) is 0 Å². The van der Waals surface area contributed by atoms with Crippen LogP contribution in [0.5, 0.6) is 0 Å². The minimum Gasteiger partial charge on any atom is -0.444 e. The highest BCUT2D eigenvalue weighted by Crippen LogP contribution is 2.41. The molecule has 284 valence electrons. The number of nitrogens with one attached hydrogen (secondary N) is 2. The fraction of sp³-hybridized carbons (Fsp3) is 0.622. The molecular formula is C37H54N8O7. The SMILES string of the molecule is CC(C)(C)OC(=O)NC(C)(C)C(=O)N1CCN(C(=O)Nc2ccn(-c3ccc(CN4CC5(CCN(C(=O)OC(C)(C)C)CC5)C4)cc3)c(=O)n2)CC1. The number of piperazine rings is 1. The van der Waals surface area contributed by atoms with Gasteiger partial charge in [-0.15, -0.1) is 0 Å². The van der Waals surface area contributed by atoms with Crippen LogP contribution in [0.25, 0.3) is 5.69 Å². The molecule has 3 fully saturated rings. The number of rotatable bonds is 6. The van der Waals surface area contributed by atoms with Crippen molar-refractivity contribution >= 4 is 29.9 Å². The second-order valence-electron chi connectivity index (χ2n) is 16.7. The molecular weight excluding hydrogens is 668 g/mol. The molecule has 5 amide bonds. The Balaban J connectivity index is 1.06. The van der Waals surface area contributed by atoms with Crippen LogP contribution in [0.3, 0.4) is 0 Å². The van der Waals surface area contributed by atoms with Gasteiger partial charge in [-0.1, -0.05) is 12.1 Å². The van der Waals surface area contributed by atoms with Gasteiger partial charge < -0.3 is 29.5 Å². The third-order valence-electron chi connectivity index (χ3n) is 9.46. The highest BCUT2D eigenvalue weighted by atomic mass is 16.6. The topological polar surface area (TPSA) is 159 Å². The largest absolute Gasteiger partial charge is 0.444 e. The number of amides is 5. The molecule has 0 aliphatic carbocycles.